The summed E-state index contributed by atoms with van der Waals surface area (Å²) in [7, 11) is -3.48. The summed E-state index contributed by atoms with van der Waals surface area (Å²) in [5.41, 5.74) is 9.30. The summed E-state index contributed by atoms with van der Waals surface area (Å²) in [4.78, 5) is 13.2. The molecule has 1 aliphatic rings. The van der Waals surface area contributed by atoms with Crippen LogP contribution in [0, 0.1) is 55.4 Å². The number of benzene rings is 4. The molecule has 57 heavy (non-hydrogen) atoms. The Kier molecular flexibility index (Phi) is 14.8. The van der Waals surface area contributed by atoms with Crippen molar-refractivity contribution in [2.45, 2.75) is 132 Å². The molecule has 1 saturated heterocycles. The summed E-state index contributed by atoms with van der Waals surface area (Å²) in [6.45, 7) is 30.1. The normalized spacial score (nSPS) is 20.3. The van der Waals surface area contributed by atoms with Crippen molar-refractivity contribution in [1.29, 1.82) is 0 Å². The predicted octanol–water partition coefficient (Wildman–Crippen LogP) is 9.22. The first-order valence-corrected chi connectivity index (χ1v) is 25.4. The van der Waals surface area contributed by atoms with Crippen LogP contribution >= 0.6 is 16.3 Å². The van der Waals surface area contributed by atoms with Crippen LogP contribution in [0.4, 0.5) is 0 Å². The quantitative estimate of drug-likeness (QED) is 0.107. The summed E-state index contributed by atoms with van der Waals surface area (Å²) in [5, 5.41) is 7.57. The number of aryl methyl sites for hydroxylation is 8. The van der Waals surface area contributed by atoms with Gasteiger partial charge in [0.15, 0.2) is 14.6 Å². The van der Waals surface area contributed by atoms with E-state index >= 15 is 0 Å². The molecule has 0 unspecified atom stereocenters. The van der Waals surface area contributed by atoms with Crippen LogP contribution in [-0.4, -0.2) is 58.6 Å². The van der Waals surface area contributed by atoms with E-state index in [9.17, 15) is 4.79 Å². The highest BCUT2D eigenvalue weighted by molar-refractivity contribution is 7.69. The van der Waals surface area contributed by atoms with Crippen molar-refractivity contribution in [2.24, 2.45) is 0 Å². The molecule has 10 heteroatoms. The molecule has 1 N–H and O–H groups in total. The average molecular weight is 830 g/mol. The number of hydrogen-bond acceptors (Lipinski definition) is 6. The Morgan fingerprint density at radius 3 is 1.26 bits per heavy atom. The number of carbonyl (C=O) groups excluding carboxylic acids is 1. The van der Waals surface area contributed by atoms with Crippen LogP contribution in [0.2, 0.25) is 18.1 Å². The Hall–Kier alpha value is -2.77. The van der Waals surface area contributed by atoms with Crippen LogP contribution in [0.5, 0.6) is 0 Å². The number of amides is 1. The van der Waals surface area contributed by atoms with Crippen molar-refractivity contribution in [1.82, 2.24) is 5.32 Å². The molecule has 0 aliphatic carbocycles. The predicted molar refractivity (Wildman–Crippen MR) is 242 cm³/mol. The van der Waals surface area contributed by atoms with Crippen LogP contribution in [0.15, 0.2) is 72.8 Å². The zero-order chi connectivity index (χ0) is 42.0. The second-order valence-electron chi connectivity index (χ2n) is 17.7. The third-order valence-corrected chi connectivity index (χ3v) is 19.2. The molecule has 1 heterocycles. The van der Waals surface area contributed by atoms with E-state index in [0.717, 1.165) is 43.5 Å². The zero-order valence-corrected chi connectivity index (χ0v) is 39.7. The molecule has 1 amide bonds. The van der Waals surface area contributed by atoms with Gasteiger partial charge in [0.25, 0.3) is 0 Å². The molecule has 0 radical (unpaired) electrons. The highest BCUT2D eigenvalue weighted by atomic mass is 31.1. The largest absolute Gasteiger partial charge is 0.414 e. The maximum Gasteiger partial charge on any atom is 0.217 e. The van der Waals surface area contributed by atoms with Gasteiger partial charge in [-0.1, -0.05) is 89.5 Å². The highest BCUT2D eigenvalue weighted by Gasteiger charge is 2.51. The van der Waals surface area contributed by atoms with Gasteiger partial charge in [-0.05, 0) is 122 Å². The minimum atomic E-state index is -2.25. The van der Waals surface area contributed by atoms with E-state index in [2.05, 4.69) is 167 Å². The van der Waals surface area contributed by atoms with Gasteiger partial charge in [0.2, 0.25) is 5.91 Å². The summed E-state index contributed by atoms with van der Waals surface area (Å²) in [5.74, 6) is -0.206. The monoisotopic (exact) mass is 829 g/mol. The molecule has 1 aliphatic heterocycles. The maximum absolute atomic E-state index is 13.2. The Labute approximate surface area is 346 Å². The lowest BCUT2D eigenvalue weighted by Gasteiger charge is -2.48. The van der Waals surface area contributed by atoms with E-state index in [1.54, 1.807) is 7.11 Å². The third-order valence-electron chi connectivity index (χ3n) is 10.9. The van der Waals surface area contributed by atoms with Gasteiger partial charge in [0.05, 0.1) is 22.9 Å². The van der Waals surface area contributed by atoms with Gasteiger partial charge in [-0.2, -0.15) is 0 Å². The first kappa shape index (κ1) is 45.3. The lowest BCUT2D eigenvalue weighted by Crippen LogP contribution is -2.66. The van der Waals surface area contributed by atoms with E-state index in [1.807, 2.05) is 0 Å². The Balaban J connectivity index is 1.77. The first-order chi connectivity index (χ1) is 26.6. The molecular weight excluding hydrogens is 765 g/mol. The second-order valence-corrected chi connectivity index (χ2v) is 26.2. The van der Waals surface area contributed by atoms with Crippen molar-refractivity contribution < 1.29 is 27.7 Å². The van der Waals surface area contributed by atoms with Crippen molar-refractivity contribution in [2.75, 3.05) is 13.7 Å². The van der Waals surface area contributed by atoms with E-state index < -0.39 is 55.3 Å². The molecular formula is C47H65NO6P2Si. The lowest BCUT2D eigenvalue weighted by molar-refractivity contribution is -0.250. The fourth-order valence-electron chi connectivity index (χ4n) is 7.44. The molecule has 0 aromatic heterocycles. The molecule has 5 atom stereocenters. The van der Waals surface area contributed by atoms with Gasteiger partial charge in [0.1, 0.15) is 24.4 Å². The number of carbonyl (C=O) groups is 1. The molecule has 1 fully saturated rings. The highest BCUT2D eigenvalue weighted by Crippen LogP contribution is 2.47. The Bertz CT molecular complexity index is 1860. The number of rotatable bonds is 13. The molecule has 0 spiro atoms. The van der Waals surface area contributed by atoms with Crippen LogP contribution < -0.4 is 26.5 Å². The summed E-state index contributed by atoms with van der Waals surface area (Å²) >= 11 is 0. The molecule has 308 valence electrons. The summed E-state index contributed by atoms with van der Waals surface area (Å²) < 4.78 is 35.4. The fourth-order valence-corrected chi connectivity index (χ4v) is 13.1. The van der Waals surface area contributed by atoms with Gasteiger partial charge < -0.3 is 28.3 Å². The number of hydrogen-bond donors (Lipinski definition) is 1. The molecule has 0 saturated carbocycles. The summed E-state index contributed by atoms with van der Waals surface area (Å²) in [6.07, 6.45) is -2.78. The lowest BCUT2D eigenvalue weighted by atomic mass is 9.97. The Morgan fingerprint density at radius 2 is 0.965 bits per heavy atom. The fraction of sp³-hybridized carbons (Fsp3) is 0.468. The zero-order valence-electron chi connectivity index (χ0n) is 36.9. The minimum absolute atomic E-state index is 0.0293. The summed E-state index contributed by atoms with van der Waals surface area (Å²) in [6, 6.07) is 25.9. The topological polar surface area (TPSA) is 75.2 Å². The second kappa shape index (κ2) is 18.7. The van der Waals surface area contributed by atoms with Gasteiger partial charge in [-0.15, -0.1) is 0 Å². The van der Waals surface area contributed by atoms with Gasteiger partial charge in [0, 0.05) is 35.3 Å². The first-order valence-electron chi connectivity index (χ1n) is 20.0. The standard InChI is InChI=1S/C47H65NO6P2Si/c1-29-16-30(2)21-38(20-29)55(39-22-31(3)17-32(4)23-39)53-44-42(28-51-57(14,15)47(10,11)12)52-46(50-13)43(48-37(9)49)45(44)54-56(40-24-33(5)18-34(6)25-40)41-26-35(7)19-36(8)27-41/h16-27,42-46H,28H2,1-15H3,(H,48,49)/t42-,43-,44-,45-,46-/m1/s1. The van der Waals surface area contributed by atoms with E-state index in [0.29, 0.717) is 0 Å². The average Bonchev–Trinajstić information content (AvgIpc) is 3.07. The number of nitrogens with one attached hydrogen (secondary N) is 1. The van der Waals surface area contributed by atoms with Crippen LogP contribution in [0.1, 0.15) is 72.2 Å². The van der Waals surface area contributed by atoms with Gasteiger partial charge >= 0.3 is 0 Å². The van der Waals surface area contributed by atoms with Crippen molar-refractivity contribution in [3.8, 4) is 0 Å². The number of methoxy groups -OCH3 is 1. The molecule has 5 rings (SSSR count). The van der Waals surface area contributed by atoms with Crippen molar-refractivity contribution in [3.63, 3.8) is 0 Å². The van der Waals surface area contributed by atoms with E-state index in [1.165, 1.54) is 29.2 Å². The molecule has 0 bridgehead atoms. The van der Waals surface area contributed by atoms with Crippen LogP contribution in [0.25, 0.3) is 0 Å². The number of ether oxygens (including phenoxy) is 2. The van der Waals surface area contributed by atoms with E-state index in [4.69, 9.17) is 22.9 Å². The van der Waals surface area contributed by atoms with Crippen LogP contribution in [0.3, 0.4) is 0 Å². The maximum atomic E-state index is 13.2. The third kappa shape index (κ3) is 11.5. The van der Waals surface area contributed by atoms with Gasteiger partial charge in [-0.25, -0.2) is 0 Å². The SMILES string of the molecule is CO[C@@H]1O[C@H](CO[Si](C)(C)C(C)(C)C)[C@@H](OP(c2cc(C)cc(C)c2)c2cc(C)cc(C)c2)[C@H](OP(c2cc(C)cc(C)c2)c2cc(C)cc(C)c2)[C@H]1NC(C)=O. The van der Waals surface area contributed by atoms with Gasteiger partial charge in [-0.3, -0.25) is 4.79 Å². The van der Waals surface area contributed by atoms with Crippen LogP contribution in [-0.2, 0) is 27.7 Å². The van der Waals surface area contributed by atoms with Crippen molar-refractivity contribution in [3.05, 3.63) is 117 Å². The molecule has 4 aromatic carbocycles. The van der Waals surface area contributed by atoms with Crippen molar-refractivity contribution >= 4 is 51.7 Å². The Morgan fingerprint density at radius 1 is 0.632 bits per heavy atom. The minimum Gasteiger partial charge on any atom is -0.414 e. The van der Waals surface area contributed by atoms with E-state index in [-0.39, 0.29) is 17.6 Å². The smallest absolute Gasteiger partial charge is 0.217 e. The molecule has 7 nitrogen and oxygen atoms in total. The molecule has 4 aromatic rings.